The first-order valence-electron chi connectivity index (χ1n) is 6.08. The van der Waals surface area contributed by atoms with Gasteiger partial charge in [-0.05, 0) is 51.0 Å². The molecule has 0 aromatic heterocycles. The maximum atomic E-state index is 11.8. The zero-order valence-electron chi connectivity index (χ0n) is 11.8. The number of anilines is 1. The lowest BCUT2D eigenvalue weighted by atomic mass is 10.1. The van der Waals surface area contributed by atoms with Gasteiger partial charge in [-0.25, -0.2) is 0 Å². The van der Waals surface area contributed by atoms with Crippen molar-refractivity contribution in [3.8, 4) is 5.75 Å². The van der Waals surface area contributed by atoms with E-state index in [9.17, 15) is 4.79 Å². The van der Waals surface area contributed by atoms with Gasteiger partial charge in [-0.15, -0.1) is 0 Å². The number of carbonyl (C=O) groups excluding carboxylic acids is 1. The number of amides is 1. The second kappa shape index (κ2) is 5.76. The summed E-state index contributed by atoms with van der Waals surface area (Å²) in [4.78, 5) is 13.5. The summed E-state index contributed by atoms with van der Waals surface area (Å²) in [6.07, 6.45) is 0. The Hall–Kier alpha value is -1.71. The summed E-state index contributed by atoms with van der Waals surface area (Å²) < 4.78 is 5.56. The monoisotopic (exact) mass is 250 g/mol. The first-order valence-corrected chi connectivity index (χ1v) is 6.08. The number of aryl methyl sites for hydroxylation is 2. The van der Waals surface area contributed by atoms with Crippen molar-refractivity contribution in [3.05, 3.63) is 23.3 Å². The molecule has 2 N–H and O–H groups in total. The molecule has 0 spiro atoms. The molecule has 0 radical (unpaired) electrons. The maximum absolute atomic E-state index is 11.8. The number of hydrogen-bond acceptors (Lipinski definition) is 3. The number of ether oxygens (including phenoxy) is 1. The fourth-order valence-electron chi connectivity index (χ4n) is 1.50. The minimum absolute atomic E-state index is 0.0288. The Kier molecular flexibility index (Phi) is 4.59. The predicted octanol–water partition coefficient (Wildman–Crippen LogP) is 2.13. The van der Waals surface area contributed by atoms with Gasteiger partial charge in [-0.1, -0.05) is 0 Å². The van der Waals surface area contributed by atoms with E-state index in [0.717, 1.165) is 16.8 Å². The third-order valence-corrected chi connectivity index (χ3v) is 3.08. The third kappa shape index (κ3) is 3.39. The van der Waals surface area contributed by atoms with Gasteiger partial charge < -0.3 is 15.4 Å². The van der Waals surface area contributed by atoms with Crippen molar-refractivity contribution in [2.24, 2.45) is 0 Å². The minimum atomic E-state index is -0.0288. The molecule has 0 heterocycles. The van der Waals surface area contributed by atoms with Crippen LogP contribution < -0.4 is 10.5 Å². The normalized spacial score (nSPS) is 10.6. The van der Waals surface area contributed by atoms with E-state index in [2.05, 4.69) is 0 Å². The lowest BCUT2D eigenvalue weighted by Gasteiger charge is -2.21. The smallest absolute Gasteiger partial charge is 0.260 e. The van der Waals surface area contributed by atoms with Crippen LogP contribution in [0.1, 0.15) is 25.0 Å². The highest BCUT2D eigenvalue weighted by molar-refractivity contribution is 5.77. The molecule has 1 aromatic carbocycles. The molecule has 0 saturated carbocycles. The lowest BCUT2D eigenvalue weighted by molar-refractivity contribution is -0.133. The van der Waals surface area contributed by atoms with Crippen LogP contribution in [0.3, 0.4) is 0 Å². The van der Waals surface area contributed by atoms with Crippen LogP contribution in [-0.2, 0) is 4.79 Å². The van der Waals surface area contributed by atoms with Crippen LogP contribution in [0, 0.1) is 13.8 Å². The van der Waals surface area contributed by atoms with Gasteiger partial charge in [0.2, 0.25) is 0 Å². The van der Waals surface area contributed by atoms with Crippen molar-refractivity contribution < 1.29 is 9.53 Å². The second-order valence-electron chi connectivity index (χ2n) is 4.86. The SMILES string of the molecule is Cc1cc(OCC(=O)N(C)C(C)C)c(C)cc1N. The molecular formula is C14H22N2O2. The third-order valence-electron chi connectivity index (χ3n) is 3.08. The van der Waals surface area contributed by atoms with E-state index in [1.54, 1.807) is 11.9 Å². The number of nitrogens with two attached hydrogens (primary N) is 1. The van der Waals surface area contributed by atoms with E-state index in [4.69, 9.17) is 10.5 Å². The summed E-state index contributed by atoms with van der Waals surface area (Å²) in [5.74, 6) is 0.686. The Morgan fingerprint density at radius 3 is 2.50 bits per heavy atom. The molecule has 1 amide bonds. The molecule has 18 heavy (non-hydrogen) atoms. The fourth-order valence-corrected chi connectivity index (χ4v) is 1.50. The summed E-state index contributed by atoms with van der Waals surface area (Å²) in [5.41, 5.74) is 8.45. The van der Waals surface area contributed by atoms with Crippen LogP contribution in [0.4, 0.5) is 5.69 Å². The van der Waals surface area contributed by atoms with Gasteiger partial charge in [0.15, 0.2) is 6.61 Å². The lowest BCUT2D eigenvalue weighted by Crippen LogP contribution is -2.36. The molecule has 4 nitrogen and oxygen atoms in total. The van der Waals surface area contributed by atoms with Crippen molar-refractivity contribution in [3.63, 3.8) is 0 Å². The molecule has 0 fully saturated rings. The van der Waals surface area contributed by atoms with Crippen LogP contribution in [0.15, 0.2) is 12.1 Å². The van der Waals surface area contributed by atoms with Crippen molar-refractivity contribution in [1.82, 2.24) is 4.90 Å². The number of likely N-dealkylation sites (N-methyl/N-ethyl adjacent to an activating group) is 1. The van der Waals surface area contributed by atoms with Gasteiger partial charge >= 0.3 is 0 Å². The Bertz CT molecular complexity index is 442. The molecule has 0 atom stereocenters. The molecule has 0 saturated heterocycles. The van der Waals surface area contributed by atoms with E-state index >= 15 is 0 Å². The highest BCUT2D eigenvalue weighted by Gasteiger charge is 2.13. The number of rotatable bonds is 4. The van der Waals surface area contributed by atoms with E-state index in [-0.39, 0.29) is 18.6 Å². The first kappa shape index (κ1) is 14.4. The van der Waals surface area contributed by atoms with Crippen LogP contribution in [-0.4, -0.2) is 30.5 Å². The molecule has 0 unspecified atom stereocenters. The summed E-state index contributed by atoms with van der Waals surface area (Å²) in [6.45, 7) is 7.83. The quantitative estimate of drug-likeness (QED) is 0.833. The topological polar surface area (TPSA) is 55.6 Å². The minimum Gasteiger partial charge on any atom is -0.483 e. The predicted molar refractivity (Wildman–Crippen MR) is 73.7 cm³/mol. The van der Waals surface area contributed by atoms with Gasteiger partial charge in [-0.3, -0.25) is 4.79 Å². The molecule has 0 aliphatic heterocycles. The summed E-state index contributed by atoms with van der Waals surface area (Å²) >= 11 is 0. The van der Waals surface area contributed by atoms with E-state index in [1.165, 1.54) is 0 Å². The van der Waals surface area contributed by atoms with Crippen molar-refractivity contribution in [1.29, 1.82) is 0 Å². The molecule has 0 aliphatic carbocycles. The number of nitrogens with zero attached hydrogens (tertiary/aromatic N) is 1. The molecule has 4 heteroatoms. The molecule has 1 rings (SSSR count). The molecule has 100 valence electrons. The number of nitrogen functional groups attached to an aromatic ring is 1. The Morgan fingerprint density at radius 2 is 1.94 bits per heavy atom. The van der Waals surface area contributed by atoms with Crippen molar-refractivity contribution in [2.45, 2.75) is 33.7 Å². The van der Waals surface area contributed by atoms with Crippen LogP contribution in [0.2, 0.25) is 0 Å². The average Bonchev–Trinajstić information content (AvgIpc) is 2.30. The second-order valence-corrected chi connectivity index (χ2v) is 4.86. The van der Waals surface area contributed by atoms with Crippen LogP contribution >= 0.6 is 0 Å². The first-order chi connectivity index (χ1) is 8.32. The Morgan fingerprint density at radius 1 is 1.33 bits per heavy atom. The fraction of sp³-hybridized carbons (Fsp3) is 0.500. The standard InChI is InChI=1S/C14H22N2O2/c1-9(2)16(5)14(17)8-18-13-7-10(3)12(15)6-11(13)4/h6-7,9H,8,15H2,1-5H3. The highest BCUT2D eigenvalue weighted by Crippen LogP contribution is 2.24. The molecular weight excluding hydrogens is 228 g/mol. The Labute approximate surface area is 109 Å². The largest absolute Gasteiger partial charge is 0.483 e. The van der Waals surface area contributed by atoms with Crippen molar-refractivity contribution >= 4 is 11.6 Å². The van der Waals surface area contributed by atoms with E-state index in [1.807, 2.05) is 39.8 Å². The van der Waals surface area contributed by atoms with Crippen molar-refractivity contribution in [2.75, 3.05) is 19.4 Å². The van der Waals surface area contributed by atoms with Gasteiger partial charge in [0.1, 0.15) is 5.75 Å². The highest BCUT2D eigenvalue weighted by atomic mass is 16.5. The van der Waals surface area contributed by atoms with Gasteiger partial charge in [0.25, 0.3) is 5.91 Å². The molecule has 0 bridgehead atoms. The van der Waals surface area contributed by atoms with Gasteiger partial charge in [-0.2, -0.15) is 0 Å². The maximum Gasteiger partial charge on any atom is 0.260 e. The molecule has 1 aromatic rings. The van der Waals surface area contributed by atoms with Crippen LogP contribution in [0.25, 0.3) is 0 Å². The number of hydrogen-bond donors (Lipinski definition) is 1. The van der Waals surface area contributed by atoms with Crippen LogP contribution in [0.5, 0.6) is 5.75 Å². The number of carbonyl (C=O) groups is 1. The van der Waals surface area contributed by atoms with Gasteiger partial charge in [0.05, 0.1) is 0 Å². The summed E-state index contributed by atoms with van der Waals surface area (Å²) in [5, 5.41) is 0. The molecule has 0 aliphatic rings. The average molecular weight is 250 g/mol. The zero-order valence-corrected chi connectivity index (χ0v) is 11.8. The zero-order chi connectivity index (χ0) is 13.9. The summed E-state index contributed by atoms with van der Waals surface area (Å²) in [7, 11) is 1.78. The Balaban J connectivity index is 2.70. The summed E-state index contributed by atoms with van der Waals surface area (Å²) in [6, 6.07) is 3.91. The van der Waals surface area contributed by atoms with Gasteiger partial charge in [0, 0.05) is 18.8 Å². The van der Waals surface area contributed by atoms with E-state index in [0.29, 0.717) is 5.75 Å². The number of benzene rings is 1. The van der Waals surface area contributed by atoms with E-state index < -0.39 is 0 Å².